The largest absolute Gasteiger partial charge is 0.508 e. The van der Waals surface area contributed by atoms with Crippen molar-refractivity contribution in [2.75, 3.05) is 25.7 Å². The second-order valence-corrected chi connectivity index (χ2v) is 6.29. The molecule has 154 valence electrons. The lowest BCUT2D eigenvalue weighted by Crippen LogP contribution is -2.09. The van der Waals surface area contributed by atoms with Crippen molar-refractivity contribution < 1.29 is 33.7 Å². The van der Waals surface area contributed by atoms with Crippen LogP contribution in [0.2, 0.25) is 0 Å². The number of rotatable bonds is 9. The van der Waals surface area contributed by atoms with Crippen molar-refractivity contribution in [2.45, 2.75) is 27.7 Å². The van der Waals surface area contributed by atoms with Crippen LogP contribution in [0.5, 0.6) is 0 Å². The van der Waals surface area contributed by atoms with Crippen LogP contribution in [0.3, 0.4) is 0 Å². The van der Waals surface area contributed by atoms with E-state index in [-0.39, 0.29) is 35.3 Å². The molecule has 0 bridgehead atoms. The number of halogens is 1. The van der Waals surface area contributed by atoms with Gasteiger partial charge in [-0.05, 0) is 33.3 Å². The molecule has 0 spiro atoms. The van der Waals surface area contributed by atoms with Crippen LogP contribution < -0.4 is 0 Å². The molecule has 0 radical (unpaired) electrons. The van der Waals surface area contributed by atoms with Gasteiger partial charge in [0.2, 0.25) is 5.70 Å². The number of azo groups is 1. The van der Waals surface area contributed by atoms with E-state index in [9.17, 15) is 19.5 Å². The predicted molar refractivity (Wildman–Crippen MR) is 102 cm³/mol. The van der Waals surface area contributed by atoms with Gasteiger partial charge in [-0.1, -0.05) is 0 Å². The third-order valence-corrected chi connectivity index (χ3v) is 4.59. The third kappa shape index (κ3) is 5.77. The van der Waals surface area contributed by atoms with Crippen LogP contribution in [0.15, 0.2) is 21.7 Å². The molecule has 0 aromatic carbocycles. The predicted octanol–water partition coefficient (Wildman–Crippen LogP) is 4.07. The number of ether oxygens (including phenoxy) is 3. The zero-order valence-electron chi connectivity index (χ0n) is 15.9. The molecule has 0 unspecified atom stereocenters. The van der Waals surface area contributed by atoms with E-state index in [2.05, 4.69) is 10.2 Å². The second kappa shape index (κ2) is 11.4. The fraction of sp³-hybridized carbons (Fsp3) is 0.471. The van der Waals surface area contributed by atoms with E-state index in [4.69, 9.17) is 25.8 Å². The first-order chi connectivity index (χ1) is 13.3. The van der Waals surface area contributed by atoms with Crippen LogP contribution in [-0.2, 0) is 19.0 Å². The molecule has 1 heterocycles. The fourth-order valence-corrected chi connectivity index (χ4v) is 3.12. The lowest BCUT2D eigenvalue weighted by Gasteiger charge is -2.04. The van der Waals surface area contributed by atoms with Crippen LogP contribution in [0.25, 0.3) is 0 Å². The molecule has 9 nitrogen and oxygen atoms in total. The van der Waals surface area contributed by atoms with Crippen LogP contribution in [0.1, 0.15) is 46.4 Å². The summed E-state index contributed by atoms with van der Waals surface area (Å²) in [4.78, 5) is 36.5. The number of carbonyl (C=O) groups is 3. The van der Waals surface area contributed by atoms with Gasteiger partial charge >= 0.3 is 17.9 Å². The third-order valence-electron chi connectivity index (χ3n) is 3.18. The van der Waals surface area contributed by atoms with E-state index in [1.807, 2.05) is 0 Å². The summed E-state index contributed by atoms with van der Waals surface area (Å²) < 4.78 is 14.8. The first-order valence-electron chi connectivity index (χ1n) is 8.36. The SMILES string of the molecule is CCOC(=O)/C(N=Nc1sc(C(=O)OCC)c(C)c1C(=O)OCC)=C(\O)CCl. The number of aliphatic hydroxyl groups excluding tert-OH is 1. The van der Waals surface area contributed by atoms with E-state index in [0.717, 1.165) is 11.3 Å². The Balaban J connectivity index is 3.46. The number of hydrogen-bond acceptors (Lipinski definition) is 10. The first kappa shape index (κ1) is 23.6. The summed E-state index contributed by atoms with van der Waals surface area (Å²) in [5, 5.41) is 17.4. The molecule has 0 atom stereocenters. The zero-order chi connectivity index (χ0) is 21.3. The molecule has 0 aliphatic rings. The lowest BCUT2D eigenvalue weighted by atomic mass is 10.1. The maximum atomic E-state index is 12.3. The van der Waals surface area contributed by atoms with Gasteiger partial charge in [0.25, 0.3) is 0 Å². The fourth-order valence-electron chi connectivity index (χ4n) is 1.98. The van der Waals surface area contributed by atoms with Gasteiger partial charge in [0.1, 0.15) is 16.2 Å². The normalized spacial score (nSPS) is 11.9. The molecule has 1 N–H and O–H groups in total. The van der Waals surface area contributed by atoms with E-state index >= 15 is 0 Å². The second-order valence-electron chi connectivity index (χ2n) is 5.03. The van der Waals surface area contributed by atoms with E-state index < -0.39 is 35.2 Å². The Bertz CT molecular complexity index is 802. The molecule has 0 amide bonds. The number of esters is 3. The Kier molecular flexibility index (Phi) is 9.60. The van der Waals surface area contributed by atoms with Crippen molar-refractivity contribution in [2.24, 2.45) is 10.2 Å². The van der Waals surface area contributed by atoms with Gasteiger partial charge in [0.15, 0.2) is 5.00 Å². The number of hydrogen-bond donors (Lipinski definition) is 1. The standard InChI is InChI=1S/C17H21ClN2O7S/c1-5-25-15(22)11-9(4)13(17(24)27-7-3)28-14(11)20-19-12(10(21)8-18)16(23)26-6-2/h21H,5-8H2,1-4H3/b12-10+,20-19?. The smallest absolute Gasteiger partial charge is 0.362 e. The van der Waals surface area contributed by atoms with Crippen LogP contribution in [-0.4, -0.2) is 48.7 Å². The number of allylic oxidation sites excluding steroid dienone is 1. The Hall–Kier alpha value is -2.46. The van der Waals surface area contributed by atoms with Crippen molar-refractivity contribution >= 4 is 45.8 Å². The highest BCUT2D eigenvalue weighted by atomic mass is 35.5. The van der Waals surface area contributed by atoms with E-state index in [1.165, 1.54) is 0 Å². The molecule has 0 saturated heterocycles. The number of aliphatic hydroxyl groups is 1. The summed E-state index contributed by atoms with van der Waals surface area (Å²) in [5.41, 5.74) is -0.165. The molecule has 0 saturated carbocycles. The van der Waals surface area contributed by atoms with Gasteiger partial charge in [0, 0.05) is 0 Å². The molecule has 1 aromatic heterocycles. The molecular weight excluding hydrogens is 412 g/mol. The maximum Gasteiger partial charge on any atom is 0.362 e. The summed E-state index contributed by atoms with van der Waals surface area (Å²) in [6, 6.07) is 0. The molecule has 0 aliphatic carbocycles. The topological polar surface area (TPSA) is 124 Å². The highest BCUT2D eigenvalue weighted by molar-refractivity contribution is 7.18. The molecule has 1 rings (SSSR count). The Labute approximate surface area is 170 Å². The van der Waals surface area contributed by atoms with Gasteiger partial charge < -0.3 is 19.3 Å². The minimum atomic E-state index is -0.930. The molecule has 0 fully saturated rings. The summed E-state index contributed by atoms with van der Waals surface area (Å²) >= 11 is 6.40. The van der Waals surface area contributed by atoms with Crippen LogP contribution >= 0.6 is 22.9 Å². The van der Waals surface area contributed by atoms with Crippen LogP contribution in [0.4, 0.5) is 5.00 Å². The number of alkyl halides is 1. The Morgan fingerprint density at radius 2 is 1.61 bits per heavy atom. The van der Waals surface area contributed by atoms with Crippen LogP contribution in [0, 0.1) is 6.92 Å². The summed E-state index contributed by atoms with van der Waals surface area (Å²) in [6.07, 6.45) is 0. The zero-order valence-corrected chi connectivity index (χ0v) is 17.5. The lowest BCUT2D eigenvalue weighted by molar-refractivity contribution is -0.138. The Morgan fingerprint density at radius 3 is 2.14 bits per heavy atom. The number of carbonyl (C=O) groups excluding carboxylic acids is 3. The van der Waals surface area contributed by atoms with Gasteiger partial charge in [-0.15, -0.1) is 33.2 Å². The van der Waals surface area contributed by atoms with Gasteiger partial charge in [-0.2, -0.15) is 0 Å². The molecule has 1 aromatic rings. The van der Waals surface area contributed by atoms with Crippen molar-refractivity contribution in [1.82, 2.24) is 0 Å². The van der Waals surface area contributed by atoms with Crippen molar-refractivity contribution in [3.63, 3.8) is 0 Å². The summed E-state index contributed by atoms with van der Waals surface area (Å²) in [6.45, 7) is 6.73. The van der Waals surface area contributed by atoms with E-state index in [0.29, 0.717) is 5.56 Å². The molecular formula is C17H21ClN2O7S. The summed E-state index contributed by atoms with van der Waals surface area (Å²) in [7, 11) is 0. The van der Waals surface area contributed by atoms with Gasteiger partial charge in [-0.25, -0.2) is 14.4 Å². The quantitative estimate of drug-likeness (QED) is 0.156. The molecule has 11 heteroatoms. The number of nitrogens with zero attached hydrogens (tertiary/aromatic N) is 2. The highest BCUT2D eigenvalue weighted by Crippen LogP contribution is 2.37. The molecule has 0 aliphatic heterocycles. The number of thiophene rings is 1. The van der Waals surface area contributed by atoms with E-state index in [1.54, 1.807) is 27.7 Å². The Morgan fingerprint density at radius 1 is 1.04 bits per heavy atom. The van der Waals surface area contributed by atoms with Crippen molar-refractivity contribution in [1.29, 1.82) is 0 Å². The summed E-state index contributed by atoms with van der Waals surface area (Å²) in [5.74, 6) is -3.19. The van der Waals surface area contributed by atoms with Gasteiger partial charge in [-0.3, -0.25) is 0 Å². The average molecular weight is 433 g/mol. The van der Waals surface area contributed by atoms with Crippen molar-refractivity contribution in [3.05, 3.63) is 27.5 Å². The van der Waals surface area contributed by atoms with Gasteiger partial charge in [0.05, 0.1) is 25.7 Å². The molecule has 28 heavy (non-hydrogen) atoms. The minimum Gasteiger partial charge on any atom is -0.508 e. The van der Waals surface area contributed by atoms with Crippen molar-refractivity contribution in [3.8, 4) is 0 Å². The maximum absolute atomic E-state index is 12.3. The first-order valence-corrected chi connectivity index (χ1v) is 9.71. The highest BCUT2D eigenvalue weighted by Gasteiger charge is 2.27. The minimum absolute atomic E-state index is 0.0168. The average Bonchev–Trinajstić information content (AvgIpc) is 2.98. The monoisotopic (exact) mass is 432 g/mol.